The van der Waals surface area contributed by atoms with Crippen LogP contribution in [0.3, 0.4) is 0 Å². The molecule has 1 aromatic carbocycles. The molecule has 2 rings (SSSR count). The second kappa shape index (κ2) is 7.63. The number of nitrogens with zero attached hydrogens (tertiary/aromatic N) is 2. The molecule has 1 aliphatic rings. The monoisotopic (exact) mass is 376 g/mol. The van der Waals surface area contributed by atoms with Crippen molar-refractivity contribution in [2.75, 3.05) is 40.8 Å². The normalized spacial score (nSPS) is 21.0. The standard InChI is InChI=1S/C15H22F2N4O3S/c1-18-15(22)21-8-10(7-20(2)3)13(9-21)19-25(23,24)14-5-4-11(16)6-12(14)17/h4-6,10,13,19H,7-9H2,1-3H3,(H,18,22)/t10-,13-/m1/s1. The summed E-state index contributed by atoms with van der Waals surface area (Å²) in [4.78, 5) is 14.6. The number of hydrogen-bond acceptors (Lipinski definition) is 4. The highest BCUT2D eigenvalue weighted by Gasteiger charge is 2.38. The lowest BCUT2D eigenvalue weighted by molar-refractivity contribution is 0.207. The molecule has 0 spiro atoms. The Morgan fingerprint density at radius 1 is 1.32 bits per heavy atom. The maximum absolute atomic E-state index is 13.8. The summed E-state index contributed by atoms with van der Waals surface area (Å²) in [6, 6.07) is 1.42. The number of sulfonamides is 1. The fraction of sp³-hybridized carbons (Fsp3) is 0.533. The molecular weight excluding hydrogens is 354 g/mol. The number of rotatable bonds is 5. The van der Waals surface area contributed by atoms with Gasteiger partial charge in [-0.05, 0) is 26.2 Å². The number of nitrogens with one attached hydrogen (secondary N) is 2. The molecule has 25 heavy (non-hydrogen) atoms. The summed E-state index contributed by atoms with van der Waals surface area (Å²) in [5.74, 6) is -2.17. The molecule has 0 aromatic heterocycles. The minimum Gasteiger partial charge on any atom is -0.341 e. The van der Waals surface area contributed by atoms with Crippen molar-refractivity contribution < 1.29 is 22.0 Å². The number of carbonyl (C=O) groups excluding carboxylic acids is 1. The minimum atomic E-state index is -4.18. The summed E-state index contributed by atoms with van der Waals surface area (Å²) in [6.45, 7) is 1.09. The lowest BCUT2D eigenvalue weighted by Crippen LogP contribution is -2.44. The molecular formula is C15H22F2N4O3S. The Morgan fingerprint density at radius 3 is 2.56 bits per heavy atom. The van der Waals surface area contributed by atoms with Crippen LogP contribution in [-0.2, 0) is 10.0 Å². The molecule has 1 aliphatic heterocycles. The second-order valence-electron chi connectivity index (χ2n) is 6.28. The first kappa shape index (κ1) is 19.5. The number of benzene rings is 1. The van der Waals surface area contributed by atoms with Crippen molar-refractivity contribution in [2.45, 2.75) is 10.9 Å². The number of likely N-dealkylation sites (tertiary alicyclic amines) is 1. The van der Waals surface area contributed by atoms with E-state index >= 15 is 0 Å². The van der Waals surface area contributed by atoms with Gasteiger partial charge in [-0.15, -0.1) is 0 Å². The Labute approximate surface area is 146 Å². The Kier molecular flexibility index (Phi) is 5.96. The average molecular weight is 376 g/mol. The highest BCUT2D eigenvalue weighted by molar-refractivity contribution is 7.89. The van der Waals surface area contributed by atoms with Crippen molar-refractivity contribution in [1.82, 2.24) is 19.8 Å². The number of urea groups is 1. The number of amides is 2. The lowest BCUT2D eigenvalue weighted by Gasteiger charge is -2.22. The van der Waals surface area contributed by atoms with Crippen molar-refractivity contribution in [3.05, 3.63) is 29.8 Å². The third-order valence-electron chi connectivity index (χ3n) is 4.03. The molecule has 10 heteroatoms. The predicted octanol–water partition coefficient (Wildman–Crippen LogP) is 0.445. The molecule has 1 aromatic rings. The van der Waals surface area contributed by atoms with Crippen LogP contribution in [0.1, 0.15) is 0 Å². The Morgan fingerprint density at radius 2 is 2.00 bits per heavy atom. The van der Waals surface area contributed by atoms with E-state index in [-0.39, 0.29) is 18.5 Å². The van der Waals surface area contributed by atoms with E-state index in [0.29, 0.717) is 19.2 Å². The van der Waals surface area contributed by atoms with Gasteiger partial charge in [-0.25, -0.2) is 26.7 Å². The van der Waals surface area contributed by atoms with E-state index in [4.69, 9.17) is 0 Å². The van der Waals surface area contributed by atoms with Crippen molar-refractivity contribution >= 4 is 16.1 Å². The summed E-state index contributed by atoms with van der Waals surface area (Å²) in [5.41, 5.74) is 0. The maximum atomic E-state index is 13.8. The highest BCUT2D eigenvalue weighted by atomic mass is 32.2. The van der Waals surface area contributed by atoms with E-state index in [9.17, 15) is 22.0 Å². The molecule has 1 fully saturated rings. The average Bonchev–Trinajstić information content (AvgIpc) is 2.87. The smallest absolute Gasteiger partial charge is 0.317 e. The van der Waals surface area contributed by atoms with E-state index < -0.39 is 32.6 Å². The zero-order chi connectivity index (χ0) is 18.8. The molecule has 0 unspecified atom stereocenters. The summed E-state index contributed by atoms with van der Waals surface area (Å²) in [6.07, 6.45) is 0. The molecule has 7 nitrogen and oxygen atoms in total. The van der Waals surface area contributed by atoms with Crippen LogP contribution >= 0.6 is 0 Å². The first-order chi connectivity index (χ1) is 11.6. The van der Waals surface area contributed by atoms with Crippen molar-refractivity contribution in [3.8, 4) is 0 Å². The van der Waals surface area contributed by atoms with Gasteiger partial charge in [0, 0.05) is 44.7 Å². The molecule has 2 amide bonds. The van der Waals surface area contributed by atoms with E-state index in [0.717, 1.165) is 12.1 Å². The predicted molar refractivity (Wildman–Crippen MR) is 88.5 cm³/mol. The second-order valence-corrected chi connectivity index (χ2v) is 7.97. The van der Waals surface area contributed by atoms with Gasteiger partial charge in [0.2, 0.25) is 10.0 Å². The van der Waals surface area contributed by atoms with Gasteiger partial charge in [-0.2, -0.15) is 0 Å². The first-order valence-corrected chi connectivity index (χ1v) is 9.21. The summed E-state index contributed by atoms with van der Waals surface area (Å²) in [5, 5.41) is 2.51. The van der Waals surface area contributed by atoms with Crippen molar-refractivity contribution in [3.63, 3.8) is 0 Å². The van der Waals surface area contributed by atoms with Crippen LogP contribution in [0.4, 0.5) is 13.6 Å². The van der Waals surface area contributed by atoms with E-state index in [1.807, 2.05) is 19.0 Å². The zero-order valence-corrected chi connectivity index (χ0v) is 15.1. The first-order valence-electron chi connectivity index (χ1n) is 7.73. The minimum absolute atomic E-state index is 0.161. The fourth-order valence-corrected chi connectivity index (χ4v) is 4.29. The van der Waals surface area contributed by atoms with Crippen LogP contribution < -0.4 is 10.0 Å². The van der Waals surface area contributed by atoms with E-state index in [1.54, 1.807) is 0 Å². The van der Waals surface area contributed by atoms with Crippen LogP contribution in [0, 0.1) is 17.6 Å². The van der Waals surface area contributed by atoms with Gasteiger partial charge in [-0.3, -0.25) is 0 Å². The van der Waals surface area contributed by atoms with E-state index in [2.05, 4.69) is 10.0 Å². The quantitative estimate of drug-likeness (QED) is 0.782. The third-order valence-corrected chi connectivity index (χ3v) is 5.55. The Balaban J connectivity index is 2.23. The van der Waals surface area contributed by atoms with Gasteiger partial charge in [0.25, 0.3) is 0 Å². The largest absolute Gasteiger partial charge is 0.341 e. The molecule has 1 saturated heterocycles. The van der Waals surface area contributed by atoms with Gasteiger partial charge >= 0.3 is 6.03 Å². The number of carbonyl (C=O) groups is 1. The van der Waals surface area contributed by atoms with E-state index in [1.165, 1.54) is 11.9 Å². The summed E-state index contributed by atoms with van der Waals surface area (Å²) in [7, 11) is 0.993. The molecule has 2 atom stereocenters. The van der Waals surface area contributed by atoms with Crippen LogP contribution in [0.2, 0.25) is 0 Å². The molecule has 0 bridgehead atoms. The van der Waals surface area contributed by atoms with Crippen LogP contribution in [0.25, 0.3) is 0 Å². The van der Waals surface area contributed by atoms with Gasteiger partial charge in [0.05, 0.1) is 0 Å². The number of hydrogen-bond donors (Lipinski definition) is 2. The van der Waals surface area contributed by atoms with Gasteiger partial charge in [0.1, 0.15) is 16.5 Å². The topological polar surface area (TPSA) is 81.8 Å². The summed E-state index contributed by atoms with van der Waals surface area (Å²) >= 11 is 0. The molecule has 1 heterocycles. The molecule has 140 valence electrons. The van der Waals surface area contributed by atoms with Crippen LogP contribution in [0.15, 0.2) is 23.1 Å². The van der Waals surface area contributed by atoms with Gasteiger partial charge in [0.15, 0.2) is 0 Å². The van der Waals surface area contributed by atoms with Crippen LogP contribution in [-0.4, -0.2) is 71.1 Å². The number of halogens is 2. The Hall–Kier alpha value is -1.78. The SMILES string of the molecule is CNC(=O)N1C[C@@H](CN(C)C)[C@H](NS(=O)(=O)c2ccc(F)cc2F)C1. The molecule has 0 radical (unpaired) electrons. The summed E-state index contributed by atoms with van der Waals surface area (Å²) < 4.78 is 54.3. The Bertz CT molecular complexity index is 742. The zero-order valence-electron chi connectivity index (χ0n) is 14.3. The van der Waals surface area contributed by atoms with Crippen molar-refractivity contribution in [2.24, 2.45) is 5.92 Å². The van der Waals surface area contributed by atoms with Gasteiger partial charge in [-0.1, -0.05) is 0 Å². The van der Waals surface area contributed by atoms with Crippen molar-refractivity contribution in [1.29, 1.82) is 0 Å². The lowest BCUT2D eigenvalue weighted by atomic mass is 10.0. The highest BCUT2D eigenvalue weighted by Crippen LogP contribution is 2.22. The molecule has 0 aliphatic carbocycles. The third kappa shape index (κ3) is 4.65. The van der Waals surface area contributed by atoms with Crippen LogP contribution in [0.5, 0.6) is 0 Å². The maximum Gasteiger partial charge on any atom is 0.317 e. The molecule has 2 N–H and O–H groups in total. The van der Waals surface area contributed by atoms with Gasteiger partial charge < -0.3 is 15.1 Å². The molecule has 0 saturated carbocycles. The fourth-order valence-electron chi connectivity index (χ4n) is 2.94.